The summed E-state index contributed by atoms with van der Waals surface area (Å²) in [5, 5.41) is 5.99. The predicted octanol–water partition coefficient (Wildman–Crippen LogP) is 6.37. The van der Waals surface area contributed by atoms with E-state index in [0.29, 0.717) is 25.9 Å². The van der Waals surface area contributed by atoms with Gasteiger partial charge in [-0.3, -0.25) is 14.5 Å². The van der Waals surface area contributed by atoms with E-state index in [1.54, 1.807) is 0 Å². The van der Waals surface area contributed by atoms with Gasteiger partial charge in [0.15, 0.2) is 0 Å². The number of hydrogen-bond acceptors (Lipinski definition) is 3. The molecule has 1 heterocycles. The van der Waals surface area contributed by atoms with Gasteiger partial charge in [0, 0.05) is 18.5 Å². The molecule has 2 N–H and O–H groups in total. The number of carbonyl (C=O) groups is 2. The third kappa shape index (κ3) is 8.51. The van der Waals surface area contributed by atoms with Crippen LogP contribution in [0, 0.1) is 29.6 Å². The van der Waals surface area contributed by atoms with Crippen LogP contribution in [0.25, 0.3) is 0 Å². The highest BCUT2D eigenvalue weighted by Gasteiger charge is 2.52. The number of nitrogens with one attached hydrogen (secondary N) is 2. The normalized spacial score (nSPS) is 29.6. The Balaban J connectivity index is 1.35. The van der Waals surface area contributed by atoms with Crippen LogP contribution in [-0.4, -0.2) is 60.8 Å². The Morgan fingerprint density at radius 1 is 0.725 bits per heavy atom. The number of hydrogen-bond donors (Lipinski definition) is 2. The van der Waals surface area contributed by atoms with Crippen molar-refractivity contribution >= 4 is 11.8 Å². The van der Waals surface area contributed by atoms with E-state index in [1.165, 1.54) is 6.42 Å². The number of amides is 2. The van der Waals surface area contributed by atoms with Crippen molar-refractivity contribution in [2.24, 2.45) is 29.6 Å². The second-order valence-electron chi connectivity index (χ2n) is 12.8. The molecule has 3 atom stereocenters. The Labute approximate surface area is 233 Å². The third-order valence-corrected chi connectivity index (χ3v) is 9.91. The van der Waals surface area contributed by atoms with Crippen molar-refractivity contribution < 1.29 is 35.9 Å². The number of likely N-dealkylation sites (tertiary alicyclic amines) is 1. The zero-order valence-corrected chi connectivity index (χ0v) is 23.3. The van der Waals surface area contributed by atoms with E-state index in [0.717, 1.165) is 57.8 Å². The Morgan fingerprint density at radius 2 is 1.25 bits per heavy atom. The summed E-state index contributed by atoms with van der Waals surface area (Å²) in [5.41, 5.74) is 0. The van der Waals surface area contributed by atoms with Crippen molar-refractivity contribution in [3.8, 4) is 0 Å². The number of halogens is 6. The van der Waals surface area contributed by atoms with Gasteiger partial charge in [-0.25, -0.2) is 0 Å². The average Bonchev–Trinajstić information content (AvgIpc) is 2.92. The van der Waals surface area contributed by atoms with Crippen molar-refractivity contribution in [1.29, 1.82) is 0 Å². The Kier molecular flexibility index (Phi) is 10.7. The average molecular weight is 582 g/mol. The van der Waals surface area contributed by atoms with Crippen LogP contribution in [0.1, 0.15) is 96.3 Å². The van der Waals surface area contributed by atoms with Crippen molar-refractivity contribution in [3.05, 3.63) is 0 Å². The molecule has 40 heavy (non-hydrogen) atoms. The van der Waals surface area contributed by atoms with E-state index in [1.807, 2.05) is 0 Å². The fourth-order valence-corrected chi connectivity index (χ4v) is 7.62. The standard InChI is InChI=1S/C29H45F6N3O2/c30-28(31,32)22-15-19(16-23(17-22)29(33,34)35)18-36-27(40)25(20-7-3-1-4-8-20)38-13-11-21(12-14-38)26(39)37-24-9-5-2-6-10-24/h19-25H,1-18H2,(H,36,40)(H,37,39). The Morgan fingerprint density at radius 3 is 1.77 bits per heavy atom. The molecule has 0 spiro atoms. The molecule has 4 rings (SSSR count). The lowest BCUT2D eigenvalue weighted by Gasteiger charge is -2.42. The summed E-state index contributed by atoms with van der Waals surface area (Å²) in [4.78, 5) is 28.5. The first kappa shape index (κ1) is 31.4. The SMILES string of the molecule is O=C(NC1CCCCC1)C1CCN(C(C(=O)NCC2CC(C(F)(F)F)CC(C(F)(F)F)C2)C2CCCCC2)CC1. The Bertz CT molecular complexity index is 809. The molecular weight excluding hydrogens is 536 g/mol. The zero-order valence-electron chi connectivity index (χ0n) is 23.3. The van der Waals surface area contributed by atoms with Crippen molar-refractivity contribution in [2.45, 2.75) is 121 Å². The quantitative estimate of drug-likeness (QED) is 0.344. The molecule has 5 nitrogen and oxygen atoms in total. The van der Waals surface area contributed by atoms with Crippen LogP contribution in [-0.2, 0) is 9.59 Å². The summed E-state index contributed by atoms with van der Waals surface area (Å²) in [5.74, 6) is -5.12. The van der Waals surface area contributed by atoms with Crippen LogP contribution in [0.15, 0.2) is 0 Å². The van der Waals surface area contributed by atoms with E-state index in [4.69, 9.17) is 0 Å². The smallest absolute Gasteiger partial charge is 0.354 e. The molecule has 4 fully saturated rings. The maximum atomic E-state index is 13.5. The van der Waals surface area contributed by atoms with Crippen LogP contribution in [0.3, 0.4) is 0 Å². The van der Waals surface area contributed by atoms with E-state index in [-0.39, 0.29) is 36.2 Å². The van der Waals surface area contributed by atoms with Crippen LogP contribution >= 0.6 is 0 Å². The van der Waals surface area contributed by atoms with Gasteiger partial charge in [0.1, 0.15) is 0 Å². The lowest BCUT2D eigenvalue weighted by atomic mass is 9.74. The molecule has 0 aromatic heterocycles. The van der Waals surface area contributed by atoms with Crippen molar-refractivity contribution in [2.75, 3.05) is 19.6 Å². The van der Waals surface area contributed by atoms with Gasteiger partial charge in [0.05, 0.1) is 17.9 Å². The third-order valence-electron chi connectivity index (χ3n) is 9.91. The van der Waals surface area contributed by atoms with Crippen LogP contribution in [0.4, 0.5) is 26.3 Å². The number of alkyl halides is 6. The molecule has 3 unspecified atom stereocenters. The molecule has 11 heteroatoms. The summed E-state index contributed by atoms with van der Waals surface area (Å²) < 4.78 is 80.5. The molecule has 3 aliphatic carbocycles. The molecule has 1 aliphatic heterocycles. The van der Waals surface area contributed by atoms with Gasteiger partial charge in [0.25, 0.3) is 0 Å². The zero-order chi connectivity index (χ0) is 28.9. The molecule has 3 saturated carbocycles. The first-order valence-electron chi connectivity index (χ1n) is 15.4. The lowest BCUT2D eigenvalue weighted by molar-refractivity contribution is -0.228. The minimum absolute atomic E-state index is 0.0842. The highest BCUT2D eigenvalue weighted by atomic mass is 19.4. The maximum Gasteiger partial charge on any atom is 0.391 e. The molecule has 2 amide bonds. The summed E-state index contributed by atoms with van der Waals surface area (Å²) in [6.45, 7) is 0.974. The number of carbonyl (C=O) groups excluding carboxylic acids is 2. The maximum absolute atomic E-state index is 13.5. The second-order valence-corrected chi connectivity index (χ2v) is 12.8. The fraction of sp³-hybridized carbons (Fsp3) is 0.931. The first-order valence-corrected chi connectivity index (χ1v) is 15.4. The van der Waals surface area contributed by atoms with Crippen LogP contribution < -0.4 is 10.6 Å². The molecule has 0 aromatic rings. The van der Waals surface area contributed by atoms with Crippen LogP contribution in [0.2, 0.25) is 0 Å². The van der Waals surface area contributed by atoms with Crippen LogP contribution in [0.5, 0.6) is 0 Å². The molecule has 1 saturated heterocycles. The topological polar surface area (TPSA) is 61.4 Å². The highest BCUT2D eigenvalue weighted by molar-refractivity contribution is 5.82. The van der Waals surface area contributed by atoms with Gasteiger partial charge >= 0.3 is 12.4 Å². The summed E-state index contributed by atoms with van der Waals surface area (Å²) in [7, 11) is 0. The number of rotatable bonds is 7. The van der Waals surface area contributed by atoms with Gasteiger partial charge < -0.3 is 10.6 Å². The van der Waals surface area contributed by atoms with Gasteiger partial charge in [-0.15, -0.1) is 0 Å². The predicted molar refractivity (Wildman–Crippen MR) is 139 cm³/mol. The molecule has 0 bridgehead atoms. The first-order chi connectivity index (χ1) is 18.9. The van der Waals surface area contributed by atoms with E-state index >= 15 is 0 Å². The lowest BCUT2D eigenvalue weighted by Crippen LogP contribution is -2.55. The molecule has 0 radical (unpaired) electrons. The van der Waals surface area contributed by atoms with Gasteiger partial charge in [-0.1, -0.05) is 38.5 Å². The monoisotopic (exact) mass is 581 g/mol. The summed E-state index contributed by atoms with van der Waals surface area (Å²) in [6, 6.07) is -0.225. The number of nitrogens with zero attached hydrogens (tertiary/aromatic N) is 1. The highest BCUT2D eigenvalue weighted by Crippen LogP contribution is 2.47. The largest absolute Gasteiger partial charge is 0.391 e. The van der Waals surface area contributed by atoms with E-state index in [9.17, 15) is 35.9 Å². The molecule has 0 aromatic carbocycles. The minimum atomic E-state index is -4.69. The van der Waals surface area contributed by atoms with E-state index < -0.39 is 55.4 Å². The van der Waals surface area contributed by atoms with Gasteiger partial charge in [0.2, 0.25) is 11.8 Å². The molecule has 230 valence electrons. The van der Waals surface area contributed by atoms with Crippen molar-refractivity contribution in [3.63, 3.8) is 0 Å². The minimum Gasteiger partial charge on any atom is -0.354 e. The Hall–Kier alpha value is -1.52. The van der Waals surface area contributed by atoms with E-state index in [2.05, 4.69) is 15.5 Å². The summed E-state index contributed by atoms with van der Waals surface area (Å²) in [6.07, 6.45) is 0.504. The van der Waals surface area contributed by atoms with Gasteiger partial charge in [-0.2, -0.15) is 26.3 Å². The second kappa shape index (κ2) is 13.6. The molecule has 4 aliphatic rings. The van der Waals surface area contributed by atoms with Crippen molar-refractivity contribution in [1.82, 2.24) is 15.5 Å². The fourth-order valence-electron chi connectivity index (χ4n) is 7.62. The molecular formula is C29H45F6N3O2. The number of piperidine rings is 1. The van der Waals surface area contributed by atoms with Gasteiger partial charge in [-0.05, 0) is 82.7 Å². The summed E-state index contributed by atoms with van der Waals surface area (Å²) >= 11 is 0.